The molecular weight excluding hydrogens is 261 g/mol. The van der Waals surface area contributed by atoms with Crippen LogP contribution in [0.3, 0.4) is 0 Å². The molecule has 2 aromatic rings. The smallest absolute Gasteiger partial charge is 0.151 e. The Morgan fingerprint density at radius 1 is 1.47 bits per heavy atom. The molecule has 0 saturated heterocycles. The fourth-order valence-electron chi connectivity index (χ4n) is 1.48. The van der Waals surface area contributed by atoms with Crippen LogP contribution in [0.5, 0.6) is 0 Å². The van der Waals surface area contributed by atoms with Crippen LogP contribution in [0.25, 0.3) is 10.9 Å². The van der Waals surface area contributed by atoms with Crippen molar-refractivity contribution in [2.75, 3.05) is 6.54 Å². The highest BCUT2D eigenvalue weighted by Crippen LogP contribution is 2.25. The lowest BCUT2D eigenvalue weighted by molar-refractivity contribution is 0.573. The van der Waals surface area contributed by atoms with Crippen molar-refractivity contribution in [2.24, 2.45) is 5.73 Å². The SMILES string of the molecule is NCCCn1nc2c(F)cccc2c1Br. The second-order valence-corrected chi connectivity index (χ2v) is 4.04. The van der Waals surface area contributed by atoms with E-state index in [2.05, 4.69) is 21.0 Å². The molecule has 0 aliphatic carbocycles. The third kappa shape index (κ3) is 1.89. The Balaban J connectivity index is 2.49. The lowest BCUT2D eigenvalue weighted by Gasteiger charge is -2.00. The highest BCUT2D eigenvalue weighted by Gasteiger charge is 2.10. The molecule has 2 N–H and O–H groups in total. The number of hydrogen-bond acceptors (Lipinski definition) is 2. The highest BCUT2D eigenvalue weighted by atomic mass is 79.9. The van der Waals surface area contributed by atoms with Gasteiger partial charge in [-0.1, -0.05) is 6.07 Å². The van der Waals surface area contributed by atoms with Gasteiger partial charge in [0.1, 0.15) is 10.1 Å². The van der Waals surface area contributed by atoms with Gasteiger partial charge in [-0.15, -0.1) is 0 Å². The Bertz CT molecular complexity index is 481. The third-order valence-electron chi connectivity index (χ3n) is 2.23. The van der Waals surface area contributed by atoms with Gasteiger partial charge in [0.05, 0.1) is 0 Å². The normalized spacial score (nSPS) is 11.1. The first-order valence-electron chi connectivity index (χ1n) is 4.74. The summed E-state index contributed by atoms with van der Waals surface area (Å²) in [5.41, 5.74) is 5.82. The van der Waals surface area contributed by atoms with Gasteiger partial charge < -0.3 is 5.73 Å². The molecule has 0 spiro atoms. The van der Waals surface area contributed by atoms with Gasteiger partial charge in [-0.3, -0.25) is 4.68 Å². The molecule has 80 valence electrons. The van der Waals surface area contributed by atoms with Crippen LogP contribution in [-0.2, 0) is 6.54 Å². The second kappa shape index (κ2) is 4.28. The first-order valence-corrected chi connectivity index (χ1v) is 5.54. The maximum absolute atomic E-state index is 13.4. The molecule has 0 amide bonds. The lowest BCUT2D eigenvalue weighted by atomic mass is 10.2. The van der Waals surface area contributed by atoms with Crippen molar-refractivity contribution in [2.45, 2.75) is 13.0 Å². The molecule has 0 saturated carbocycles. The average molecular weight is 272 g/mol. The van der Waals surface area contributed by atoms with E-state index in [4.69, 9.17) is 5.73 Å². The largest absolute Gasteiger partial charge is 0.330 e. The number of hydrogen-bond donors (Lipinski definition) is 1. The van der Waals surface area contributed by atoms with Crippen molar-refractivity contribution in [1.29, 1.82) is 0 Å². The van der Waals surface area contributed by atoms with Gasteiger partial charge in [0.2, 0.25) is 0 Å². The summed E-state index contributed by atoms with van der Waals surface area (Å²) in [5, 5.41) is 4.99. The Hall–Kier alpha value is -0.940. The summed E-state index contributed by atoms with van der Waals surface area (Å²) in [5.74, 6) is -0.292. The number of benzene rings is 1. The van der Waals surface area contributed by atoms with Gasteiger partial charge in [-0.05, 0) is 41.0 Å². The van der Waals surface area contributed by atoms with Crippen molar-refractivity contribution < 1.29 is 4.39 Å². The number of aryl methyl sites for hydroxylation is 1. The number of aromatic nitrogens is 2. The number of nitrogens with two attached hydrogens (primary N) is 1. The standard InChI is InChI=1S/C10H11BrFN3/c11-10-7-3-1-4-8(12)9(7)14-15(10)6-2-5-13/h1,3-4H,2,5-6,13H2. The Morgan fingerprint density at radius 2 is 2.27 bits per heavy atom. The topological polar surface area (TPSA) is 43.8 Å². The van der Waals surface area contributed by atoms with Crippen LogP contribution in [-0.4, -0.2) is 16.3 Å². The van der Waals surface area contributed by atoms with E-state index in [0.717, 1.165) is 16.4 Å². The minimum atomic E-state index is -0.292. The van der Waals surface area contributed by atoms with E-state index in [9.17, 15) is 4.39 Å². The van der Waals surface area contributed by atoms with E-state index in [1.165, 1.54) is 6.07 Å². The number of nitrogens with zero attached hydrogens (tertiary/aromatic N) is 2. The molecule has 0 bridgehead atoms. The lowest BCUT2D eigenvalue weighted by Crippen LogP contribution is -2.07. The molecule has 5 heteroatoms. The summed E-state index contributed by atoms with van der Waals surface area (Å²) in [7, 11) is 0. The van der Waals surface area contributed by atoms with Crippen LogP contribution in [0.1, 0.15) is 6.42 Å². The van der Waals surface area contributed by atoms with E-state index in [0.29, 0.717) is 18.6 Å². The Labute approximate surface area is 95.2 Å². The van der Waals surface area contributed by atoms with Crippen LogP contribution in [0.2, 0.25) is 0 Å². The second-order valence-electron chi connectivity index (χ2n) is 3.29. The Morgan fingerprint density at radius 3 is 2.93 bits per heavy atom. The van der Waals surface area contributed by atoms with E-state index in [-0.39, 0.29) is 5.82 Å². The van der Waals surface area contributed by atoms with Crippen LogP contribution in [0.4, 0.5) is 4.39 Å². The van der Waals surface area contributed by atoms with Gasteiger partial charge in [0.25, 0.3) is 0 Å². The average Bonchev–Trinajstić information content (AvgIpc) is 2.55. The van der Waals surface area contributed by atoms with Gasteiger partial charge in [-0.2, -0.15) is 5.10 Å². The van der Waals surface area contributed by atoms with Crippen molar-refractivity contribution in [1.82, 2.24) is 9.78 Å². The molecule has 1 aromatic carbocycles. The van der Waals surface area contributed by atoms with Crippen LogP contribution >= 0.6 is 15.9 Å². The summed E-state index contributed by atoms with van der Waals surface area (Å²) in [6.45, 7) is 1.30. The zero-order valence-electron chi connectivity index (χ0n) is 8.08. The maximum atomic E-state index is 13.4. The molecule has 1 aromatic heterocycles. The summed E-state index contributed by atoms with van der Waals surface area (Å²) < 4.78 is 15.9. The quantitative estimate of drug-likeness (QED) is 0.931. The van der Waals surface area contributed by atoms with Crippen molar-refractivity contribution in [3.05, 3.63) is 28.6 Å². The fraction of sp³-hybridized carbons (Fsp3) is 0.300. The van der Waals surface area contributed by atoms with Crippen LogP contribution in [0, 0.1) is 5.82 Å². The first-order chi connectivity index (χ1) is 7.24. The molecule has 15 heavy (non-hydrogen) atoms. The fourth-order valence-corrected chi connectivity index (χ4v) is 2.05. The minimum Gasteiger partial charge on any atom is -0.330 e. The minimum absolute atomic E-state index is 0.292. The predicted molar refractivity (Wildman–Crippen MR) is 61.1 cm³/mol. The number of fused-ring (bicyclic) bond motifs is 1. The summed E-state index contributed by atoms with van der Waals surface area (Å²) in [4.78, 5) is 0. The molecule has 0 unspecified atom stereocenters. The molecule has 1 heterocycles. The van der Waals surface area contributed by atoms with Gasteiger partial charge in [-0.25, -0.2) is 4.39 Å². The molecular formula is C10H11BrFN3. The van der Waals surface area contributed by atoms with E-state index in [1.54, 1.807) is 10.7 Å². The number of halogens is 2. The van der Waals surface area contributed by atoms with Crippen LogP contribution < -0.4 is 5.73 Å². The Kier molecular flexibility index (Phi) is 3.02. The van der Waals surface area contributed by atoms with Crippen LogP contribution in [0.15, 0.2) is 22.8 Å². The van der Waals surface area contributed by atoms with E-state index >= 15 is 0 Å². The molecule has 0 atom stereocenters. The molecule has 0 radical (unpaired) electrons. The third-order valence-corrected chi connectivity index (χ3v) is 3.07. The highest BCUT2D eigenvalue weighted by molar-refractivity contribution is 9.10. The first kappa shape index (κ1) is 10.6. The van der Waals surface area contributed by atoms with Gasteiger partial charge >= 0.3 is 0 Å². The van der Waals surface area contributed by atoms with E-state index < -0.39 is 0 Å². The molecule has 0 fully saturated rings. The summed E-state index contributed by atoms with van der Waals surface area (Å²) in [6.07, 6.45) is 0.828. The van der Waals surface area contributed by atoms with E-state index in [1.807, 2.05) is 6.07 Å². The number of rotatable bonds is 3. The van der Waals surface area contributed by atoms with Gasteiger partial charge in [0, 0.05) is 11.9 Å². The van der Waals surface area contributed by atoms with Crippen molar-refractivity contribution in [3.8, 4) is 0 Å². The molecule has 0 aliphatic heterocycles. The monoisotopic (exact) mass is 271 g/mol. The summed E-state index contributed by atoms with van der Waals surface area (Å²) >= 11 is 3.41. The van der Waals surface area contributed by atoms with Gasteiger partial charge in [0.15, 0.2) is 5.82 Å². The predicted octanol–water partition coefficient (Wildman–Crippen LogP) is 2.29. The van der Waals surface area contributed by atoms with Crippen molar-refractivity contribution in [3.63, 3.8) is 0 Å². The molecule has 3 nitrogen and oxygen atoms in total. The zero-order valence-corrected chi connectivity index (χ0v) is 9.67. The summed E-state index contributed by atoms with van der Waals surface area (Å²) in [6, 6.07) is 4.93. The molecule has 2 rings (SSSR count). The maximum Gasteiger partial charge on any atom is 0.151 e. The molecule has 0 aliphatic rings. The zero-order chi connectivity index (χ0) is 10.8. The van der Waals surface area contributed by atoms with Crippen molar-refractivity contribution >= 4 is 26.8 Å².